The third kappa shape index (κ3) is 8.87. The molecule has 0 radical (unpaired) electrons. The van der Waals surface area contributed by atoms with E-state index in [1.165, 1.54) is 17.5 Å². The fourth-order valence-electron chi connectivity index (χ4n) is 2.68. The van der Waals surface area contributed by atoms with Gasteiger partial charge < -0.3 is 20.1 Å². The van der Waals surface area contributed by atoms with Crippen molar-refractivity contribution in [2.75, 3.05) is 26.8 Å². The maximum absolute atomic E-state index is 6.00. The quantitative estimate of drug-likeness (QED) is 0.270. The van der Waals surface area contributed by atoms with Gasteiger partial charge in [0, 0.05) is 33.4 Å². The Bertz CT molecular complexity index is 505. The normalized spacial score (nSPS) is 15.5. The Morgan fingerprint density at radius 1 is 1.24 bits per heavy atom. The zero-order valence-electron chi connectivity index (χ0n) is 15.4. The minimum absolute atomic E-state index is 0. The van der Waals surface area contributed by atoms with Crippen molar-refractivity contribution >= 4 is 29.9 Å². The van der Waals surface area contributed by atoms with Crippen LogP contribution in [0, 0.1) is 0 Å². The molecule has 25 heavy (non-hydrogen) atoms. The molecule has 0 atom stereocenters. The van der Waals surface area contributed by atoms with Crippen molar-refractivity contribution in [1.82, 2.24) is 10.6 Å². The molecule has 6 heteroatoms. The lowest BCUT2D eigenvalue weighted by Crippen LogP contribution is -2.37. The van der Waals surface area contributed by atoms with E-state index in [4.69, 9.17) is 9.47 Å². The molecule has 1 aliphatic heterocycles. The molecule has 2 N–H and O–H groups in total. The van der Waals surface area contributed by atoms with Crippen molar-refractivity contribution in [3.05, 3.63) is 35.4 Å². The summed E-state index contributed by atoms with van der Waals surface area (Å²) in [6.07, 6.45) is 4.67. The average Bonchev–Trinajstić information content (AvgIpc) is 2.64. The van der Waals surface area contributed by atoms with E-state index in [0.717, 1.165) is 51.5 Å². The van der Waals surface area contributed by atoms with E-state index in [9.17, 15) is 0 Å². The summed E-state index contributed by atoms with van der Waals surface area (Å²) >= 11 is 0. The number of unbranched alkanes of at least 4 members (excludes halogenated alkanes) is 1. The Morgan fingerprint density at radius 2 is 2.00 bits per heavy atom. The van der Waals surface area contributed by atoms with E-state index >= 15 is 0 Å². The van der Waals surface area contributed by atoms with Gasteiger partial charge in [0.2, 0.25) is 0 Å². The molecule has 1 saturated heterocycles. The summed E-state index contributed by atoms with van der Waals surface area (Å²) in [6, 6.07) is 8.54. The third-order valence-electron chi connectivity index (χ3n) is 4.15. The van der Waals surface area contributed by atoms with E-state index in [2.05, 4.69) is 46.8 Å². The molecule has 2 rings (SSSR count). The van der Waals surface area contributed by atoms with Gasteiger partial charge in [0.1, 0.15) is 0 Å². The molecule has 1 aliphatic rings. The van der Waals surface area contributed by atoms with Crippen LogP contribution in [-0.2, 0) is 22.6 Å². The van der Waals surface area contributed by atoms with E-state index in [1.54, 1.807) is 7.05 Å². The first-order chi connectivity index (χ1) is 11.8. The van der Waals surface area contributed by atoms with Crippen LogP contribution in [0.2, 0.25) is 0 Å². The van der Waals surface area contributed by atoms with Crippen LogP contribution in [-0.4, -0.2) is 38.9 Å². The lowest BCUT2D eigenvalue weighted by atomic mass is 10.1. The maximum atomic E-state index is 6.00. The molecule has 1 aromatic carbocycles. The van der Waals surface area contributed by atoms with Crippen LogP contribution < -0.4 is 10.6 Å². The van der Waals surface area contributed by atoms with Crippen LogP contribution in [0.5, 0.6) is 0 Å². The number of ether oxygens (including phenoxy) is 2. The van der Waals surface area contributed by atoms with Gasteiger partial charge >= 0.3 is 0 Å². The number of hydrogen-bond acceptors (Lipinski definition) is 3. The summed E-state index contributed by atoms with van der Waals surface area (Å²) in [5.41, 5.74) is 2.45. The molecule has 0 aromatic heterocycles. The summed E-state index contributed by atoms with van der Waals surface area (Å²) in [5.74, 6) is 0.854. The first-order valence-electron chi connectivity index (χ1n) is 9.03. The summed E-state index contributed by atoms with van der Waals surface area (Å²) in [5, 5.41) is 6.68. The minimum atomic E-state index is 0. The molecular weight excluding hydrogens is 429 g/mol. The van der Waals surface area contributed by atoms with Crippen LogP contribution in [0.1, 0.15) is 43.7 Å². The lowest BCUT2D eigenvalue weighted by molar-refractivity contribution is -0.0390. The second-order valence-corrected chi connectivity index (χ2v) is 6.15. The van der Waals surface area contributed by atoms with E-state index < -0.39 is 0 Å². The monoisotopic (exact) mass is 461 g/mol. The molecule has 142 valence electrons. The Morgan fingerprint density at radius 3 is 2.72 bits per heavy atom. The van der Waals surface area contributed by atoms with Gasteiger partial charge in [0.25, 0.3) is 0 Å². The summed E-state index contributed by atoms with van der Waals surface area (Å²) in [6.45, 7) is 6.21. The number of hydrogen-bond donors (Lipinski definition) is 2. The largest absolute Gasteiger partial charge is 0.381 e. The Hall–Kier alpha value is -0.860. The number of aliphatic imine (C=N–C) groups is 1. The van der Waals surface area contributed by atoms with Crippen molar-refractivity contribution in [3.63, 3.8) is 0 Å². The molecule has 1 fully saturated rings. The number of nitrogens with zero attached hydrogens (tertiary/aromatic N) is 1. The fourth-order valence-corrected chi connectivity index (χ4v) is 2.68. The molecule has 0 aliphatic carbocycles. The standard InChI is InChI=1S/C19H31N3O2.HI/c1-3-4-10-21-19(20-2)22-14-16-6-5-7-17(13-16)15-24-18-8-11-23-12-9-18;/h5-7,13,18H,3-4,8-12,14-15H2,1-2H3,(H2,20,21,22);1H. The molecule has 0 unspecified atom stereocenters. The minimum Gasteiger partial charge on any atom is -0.381 e. The molecule has 0 saturated carbocycles. The second kappa shape index (κ2) is 13.4. The van der Waals surface area contributed by atoms with Crippen LogP contribution in [0.4, 0.5) is 0 Å². The molecular formula is C19H32IN3O2. The lowest BCUT2D eigenvalue weighted by Gasteiger charge is -2.22. The van der Waals surface area contributed by atoms with Crippen molar-refractivity contribution in [2.24, 2.45) is 4.99 Å². The Balaban J connectivity index is 0.00000312. The van der Waals surface area contributed by atoms with E-state index in [1.807, 2.05) is 0 Å². The van der Waals surface area contributed by atoms with Gasteiger partial charge in [-0.2, -0.15) is 0 Å². The fraction of sp³-hybridized carbons (Fsp3) is 0.632. The molecule has 1 heterocycles. The van der Waals surface area contributed by atoms with E-state index in [0.29, 0.717) is 12.7 Å². The smallest absolute Gasteiger partial charge is 0.191 e. The van der Waals surface area contributed by atoms with Gasteiger partial charge in [-0.05, 0) is 30.4 Å². The van der Waals surface area contributed by atoms with Gasteiger partial charge in [-0.15, -0.1) is 24.0 Å². The van der Waals surface area contributed by atoms with Crippen LogP contribution in [0.3, 0.4) is 0 Å². The van der Waals surface area contributed by atoms with Gasteiger partial charge in [0.15, 0.2) is 5.96 Å². The molecule has 5 nitrogen and oxygen atoms in total. The van der Waals surface area contributed by atoms with E-state index in [-0.39, 0.29) is 24.0 Å². The number of nitrogens with one attached hydrogen (secondary N) is 2. The number of guanidine groups is 1. The summed E-state index contributed by atoms with van der Waals surface area (Å²) in [7, 11) is 1.80. The van der Waals surface area contributed by atoms with Crippen molar-refractivity contribution in [1.29, 1.82) is 0 Å². The number of benzene rings is 1. The van der Waals surface area contributed by atoms with Crippen LogP contribution in [0.15, 0.2) is 29.3 Å². The van der Waals surface area contributed by atoms with Gasteiger partial charge in [-0.3, -0.25) is 4.99 Å². The zero-order chi connectivity index (χ0) is 17.0. The zero-order valence-corrected chi connectivity index (χ0v) is 17.8. The summed E-state index contributed by atoms with van der Waals surface area (Å²) < 4.78 is 11.4. The van der Waals surface area contributed by atoms with Crippen molar-refractivity contribution in [3.8, 4) is 0 Å². The second-order valence-electron chi connectivity index (χ2n) is 6.15. The Labute approximate surface area is 169 Å². The molecule has 0 amide bonds. The van der Waals surface area contributed by atoms with Crippen LogP contribution >= 0.6 is 24.0 Å². The van der Waals surface area contributed by atoms with Crippen molar-refractivity contribution in [2.45, 2.75) is 51.9 Å². The predicted molar refractivity (Wildman–Crippen MR) is 114 cm³/mol. The average molecular weight is 461 g/mol. The summed E-state index contributed by atoms with van der Waals surface area (Å²) in [4.78, 5) is 4.25. The first-order valence-corrected chi connectivity index (χ1v) is 9.03. The predicted octanol–water partition coefficient (Wildman–Crippen LogP) is 3.47. The topological polar surface area (TPSA) is 54.9 Å². The highest BCUT2D eigenvalue weighted by Crippen LogP contribution is 2.14. The van der Waals surface area contributed by atoms with Crippen LogP contribution in [0.25, 0.3) is 0 Å². The highest BCUT2D eigenvalue weighted by molar-refractivity contribution is 14.0. The number of rotatable bonds is 8. The molecule has 0 spiro atoms. The Kier molecular flexibility index (Phi) is 11.9. The highest BCUT2D eigenvalue weighted by atomic mass is 127. The van der Waals surface area contributed by atoms with Gasteiger partial charge in [-0.1, -0.05) is 37.6 Å². The molecule has 1 aromatic rings. The highest BCUT2D eigenvalue weighted by Gasteiger charge is 2.14. The van der Waals surface area contributed by atoms with Gasteiger partial charge in [0.05, 0.1) is 12.7 Å². The van der Waals surface area contributed by atoms with Crippen molar-refractivity contribution < 1.29 is 9.47 Å². The third-order valence-corrected chi connectivity index (χ3v) is 4.15. The SMILES string of the molecule is CCCCNC(=NC)NCc1cccc(COC2CCOCC2)c1.I. The first kappa shape index (κ1) is 22.2. The molecule has 0 bridgehead atoms. The van der Waals surface area contributed by atoms with Gasteiger partial charge in [-0.25, -0.2) is 0 Å². The maximum Gasteiger partial charge on any atom is 0.191 e. The number of halogens is 1.